The maximum atomic E-state index is 13.0. The zero-order valence-corrected chi connectivity index (χ0v) is 15.2. The molecule has 1 atom stereocenters. The van der Waals surface area contributed by atoms with Crippen LogP contribution >= 0.6 is 34.8 Å². The molecule has 0 bridgehead atoms. The van der Waals surface area contributed by atoms with Crippen molar-refractivity contribution in [3.05, 3.63) is 38.3 Å². The molecular formula is C17H19Cl3O2. The van der Waals surface area contributed by atoms with E-state index in [1.807, 2.05) is 19.1 Å². The lowest BCUT2D eigenvalue weighted by molar-refractivity contribution is 0.0806. The molecule has 2 nitrogen and oxygen atoms in total. The van der Waals surface area contributed by atoms with Crippen LogP contribution in [0.2, 0.25) is 10.0 Å². The summed E-state index contributed by atoms with van der Waals surface area (Å²) < 4.78 is 5.25. The van der Waals surface area contributed by atoms with E-state index in [2.05, 4.69) is 6.92 Å². The highest BCUT2D eigenvalue weighted by molar-refractivity contribution is 6.45. The Morgan fingerprint density at radius 3 is 2.64 bits per heavy atom. The van der Waals surface area contributed by atoms with Gasteiger partial charge in [0.05, 0.1) is 12.1 Å². The molecule has 0 heterocycles. The summed E-state index contributed by atoms with van der Waals surface area (Å²) in [6, 6.07) is 1.83. The second-order valence-corrected chi connectivity index (χ2v) is 7.12. The van der Waals surface area contributed by atoms with Crippen LogP contribution in [0.25, 0.3) is 0 Å². The van der Waals surface area contributed by atoms with Crippen LogP contribution < -0.4 is 4.74 Å². The maximum Gasteiger partial charge on any atom is 0.171 e. The maximum absolute atomic E-state index is 13.0. The normalized spacial score (nSPS) is 21.2. The first kappa shape index (κ1) is 17.7. The first-order valence-corrected chi connectivity index (χ1v) is 8.41. The van der Waals surface area contributed by atoms with Crippen molar-refractivity contribution in [1.82, 2.24) is 0 Å². The Kier molecular flexibility index (Phi) is 5.47. The first-order valence-electron chi connectivity index (χ1n) is 7.28. The number of Topliss-reactive ketones (excluding diaryl/α,β-unsaturated/α-hetero) is 1. The van der Waals surface area contributed by atoms with Gasteiger partial charge in [-0.1, -0.05) is 54.2 Å². The molecule has 1 aliphatic rings. The number of allylic oxidation sites excluding steroid dienone is 2. The molecule has 0 aliphatic heterocycles. The van der Waals surface area contributed by atoms with Crippen molar-refractivity contribution in [2.24, 2.45) is 5.41 Å². The zero-order chi connectivity index (χ0) is 16.5. The number of benzene rings is 1. The van der Waals surface area contributed by atoms with Gasteiger partial charge in [-0.25, -0.2) is 0 Å². The number of hydrogen-bond donors (Lipinski definition) is 0. The van der Waals surface area contributed by atoms with Crippen LogP contribution in [0.5, 0.6) is 5.75 Å². The number of halogens is 3. The van der Waals surface area contributed by atoms with E-state index in [0.717, 1.165) is 18.4 Å². The van der Waals surface area contributed by atoms with Gasteiger partial charge in [-0.3, -0.25) is 4.79 Å². The number of carbonyl (C=O) groups is 1. The summed E-state index contributed by atoms with van der Waals surface area (Å²) >= 11 is 18.5. The monoisotopic (exact) mass is 360 g/mol. The molecule has 5 heteroatoms. The topological polar surface area (TPSA) is 26.3 Å². The summed E-state index contributed by atoms with van der Waals surface area (Å²) in [4.78, 5) is 13.0. The zero-order valence-electron chi connectivity index (χ0n) is 12.9. The van der Waals surface area contributed by atoms with Gasteiger partial charge in [0.1, 0.15) is 10.8 Å². The van der Waals surface area contributed by atoms with E-state index < -0.39 is 5.41 Å². The summed E-state index contributed by atoms with van der Waals surface area (Å²) in [5.74, 6) is 0.572. The van der Waals surface area contributed by atoms with E-state index in [-0.39, 0.29) is 5.78 Å². The molecule has 1 aromatic carbocycles. The summed E-state index contributed by atoms with van der Waals surface area (Å²) in [6.45, 7) is 3.89. The Bertz CT molecular complexity index is 633. The molecule has 0 amide bonds. The van der Waals surface area contributed by atoms with Gasteiger partial charge in [0.2, 0.25) is 0 Å². The van der Waals surface area contributed by atoms with Crippen LogP contribution in [0.4, 0.5) is 0 Å². The second-order valence-electron chi connectivity index (χ2n) is 5.77. The summed E-state index contributed by atoms with van der Waals surface area (Å²) in [5.41, 5.74) is 0.971. The van der Waals surface area contributed by atoms with Crippen LogP contribution in [0.15, 0.2) is 17.2 Å². The number of fused-ring (bicyclic) bond motifs is 1. The highest BCUT2D eigenvalue weighted by atomic mass is 35.5. The number of rotatable bonds is 5. The van der Waals surface area contributed by atoms with Crippen LogP contribution in [0.1, 0.15) is 49.0 Å². The minimum absolute atomic E-state index is 0.0630. The molecule has 0 saturated carbocycles. The Hall–Kier alpha value is -0.700. The molecule has 0 saturated heterocycles. The summed E-state index contributed by atoms with van der Waals surface area (Å²) in [6.07, 6.45) is 4.87. The predicted molar refractivity (Wildman–Crippen MR) is 92.6 cm³/mol. The van der Waals surface area contributed by atoms with E-state index in [9.17, 15) is 4.79 Å². The van der Waals surface area contributed by atoms with Gasteiger partial charge in [0.15, 0.2) is 5.78 Å². The number of ether oxygens (including phenoxy) is 1. The van der Waals surface area contributed by atoms with Crippen molar-refractivity contribution in [3.63, 3.8) is 0 Å². The molecule has 2 rings (SSSR count). The van der Waals surface area contributed by atoms with Crippen LogP contribution in [-0.4, -0.2) is 12.9 Å². The fraction of sp³-hybridized carbons (Fsp3) is 0.471. The molecule has 0 aromatic heterocycles. The Labute approximate surface area is 146 Å². The van der Waals surface area contributed by atoms with Gasteiger partial charge in [0.25, 0.3) is 0 Å². The van der Waals surface area contributed by atoms with E-state index >= 15 is 0 Å². The molecular weight excluding hydrogens is 343 g/mol. The molecule has 0 fully saturated rings. The van der Waals surface area contributed by atoms with E-state index in [1.165, 1.54) is 0 Å². The summed E-state index contributed by atoms with van der Waals surface area (Å²) in [7, 11) is 1.54. The second kappa shape index (κ2) is 6.82. The Morgan fingerprint density at radius 1 is 1.41 bits per heavy atom. The van der Waals surface area contributed by atoms with Crippen molar-refractivity contribution >= 4 is 40.6 Å². The Morgan fingerprint density at radius 2 is 2.09 bits per heavy atom. The van der Waals surface area contributed by atoms with Crippen molar-refractivity contribution in [1.29, 1.82) is 0 Å². The largest absolute Gasteiger partial charge is 0.495 e. The fourth-order valence-corrected chi connectivity index (χ4v) is 3.78. The lowest BCUT2D eigenvalue weighted by Gasteiger charge is -2.25. The smallest absolute Gasteiger partial charge is 0.171 e. The highest BCUT2D eigenvalue weighted by Crippen LogP contribution is 2.49. The predicted octanol–water partition coefficient (Wildman–Crippen LogP) is 6.06. The van der Waals surface area contributed by atoms with Gasteiger partial charge in [-0.2, -0.15) is 0 Å². The molecule has 0 N–H and O–H groups in total. The third-order valence-electron chi connectivity index (χ3n) is 4.22. The molecule has 1 aromatic rings. The van der Waals surface area contributed by atoms with Crippen molar-refractivity contribution in [2.75, 3.05) is 7.11 Å². The number of carbonyl (C=O) groups excluding carboxylic acids is 1. The number of methoxy groups -OCH3 is 1. The van der Waals surface area contributed by atoms with Gasteiger partial charge in [-0.05, 0) is 37.8 Å². The fourth-order valence-electron chi connectivity index (χ4n) is 3.18. The third-order valence-corrected chi connectivity index (χ3v) is 5.22. The van der Waals surface area contributed by atoms with Crippen molar-refractivity contribution < 1.29 is 9.53 Å². The summed E-state index contributed by atoms with van der Waals surface area (Å²) in [5, 5.41) is 1.29. The van der Waals surface area contributed by atoms with Crippen LogP contribution in [0.3, 0.4) is 0 Å². The third kappa shape index (κ3) is 3.02. The minimum Gasteiger partial charge on any atom is -0.495 e. The lowest BCUT2D eigenvalue weighted by Crippen LogP contribution is -2.27. The average molecular weight is 362 g/mol. The van der Waals surface area contributed by atoms with Gasteiger partial charge >= 0.3 is 0 Å². The van der Waals surface area contributed by atoms with Crippen LogP contribution in [0, 0.1) is 5.41 Å². The van der Waals surface area contributed by atoms with E-state index in [1.54, 1.807) is 7.11 Å². The molecule has 120 valence electrons. The van der Waals surface area contributed by atoms with Gasteiger partial charge < -0.3 is 4.74 Å². The van der Waals surface area contributed by atoms with Gasteiger partial charge in [-0.15, -0.1) is 0 Å². The molecule has 0 spiro atoms. The highest BCUT2D eigenvalue weighted by Gasteiger charge is 2.45. The van der Waals surface area contributed by atoms with E-state index in [4.69, 9.17) is 39.5 Å². The molecule has 22 heavy (non-hydrogen) atoms. The first-order chi connectivity index (χ1) is 10.4. The quantitative estimate of drug-likeness (QED) is 0.637. The molecule has 0 radical (unpaired) electrons. The SMILES string of the molecule is CCC[C@]1(C/C=C(/C)Cl)Cc2cc(OC)c(Cl)c(Cl)c2C1=O. The van der Waals surface area contributed by atoms with Crippen LogP contribution in [-0.2, 0) is 6.42 Å². The molecule has 1 aliphatic carbocycles. The Balaban J connectivity index is 2.53. The van der Waals surface area contributed by atoms with E-state index in [0.29, 0.717) is 39.2 Å². The lowest BCUT2D eigenvalue weighted by atomic mass is 9.76. The van der Waals surface area contributed by atoms with Gasteiger partial charge in [0, 0.05) is 16.0 Å². The molecule has 0 unspecified atom stereocenters. The number of ketones is 1. The van der Waals surface area contributed by atoms with Crippen molar-refractivity contribution in [2.45, 2.75) is 39.5 Å². The van der Waals surface area contributed by atoms with Crippen molar-refractivity contribution in [3.8, 4) is 5.75 Å². The minimum atomic E-state index is -0.480. The number of hydrogen-bond acceptors (Lipinski definition) is 2. The standard InChI is InChI=1S/C17H19Cl3O2/c1-4-6-17(7-5-10(2)18)9-11-8-12(22-3)14(19)15(20)13(11)16(17)21/h5,8H,4,6-7,9H2,1-3H3/b10-5-/t17-/m0/s1. The average Bonchev–Trinajstić information content (AvgIpc) is 2.74.